The largest absolute Gasteiger partial charge is 0.511 e. The van der Waals surface area contributed by atoms with Crippen molar-refractivity contribution in [2.24, 2.45) is 0 Å². The maximum absolute atomic E-state index is 13.6. The molecule has 0 fully saturated rings. The van der Waals surface area contributed by atoms with Crippen LogP contribution in [0.15, 0.2) is 47.1 Å². The van der Waals surface area contributed by atoms with E-state index in [2.05, 4.69) is 22.5 Å². The van der Waals surface area contributed by atoms with Crippen LogP contribution in [0.1, 0.15) is 16.7 Å². The van der Waals surface area contributed by atoms with E-state index in [1.54, 1.807) is 4.90 Å². The van der Waals surface area contributed by atoms with Gasteiger partial charge in [-0.1, -0.05) is 28.6 Å². The van der Waals surface area contributed by atoms with Gasteiger partial charge in [0.1, 0.15) is 29.3 Å². The van der Waals surface area contributed by atoms with Crippen molar-refractivity contribution in [3.8, 4) is 11.5 Å². The van der Waals surface area contributed by atoms with Crippen molar-refractivity contribution >= 4 is 27.5 Å². The molecule has 3 aliphatic rings. The third-order valence-corrected chi connectivity index (χ3v) is 6.02. The number of carbonyl (C=O) groups excluding carboxylic acids is 1. The molecule has 132 valence electrons. The quantitative estimate of drug-likeness (QED) is 0.765. The summed E-state index contributed by atoms with van der Waals surface area (Å²) >= 11 is 3.62. The number of rotatable bonds is 2. The summed E-state index contributed by atoms with van der Waals surface area (Å²) < 4.78 is 12.5. The Kier molecular flexibility index (Phi) is 3.19. The SMILES string of the molecule is C=C(O)CN1C(=O)C2(COc3cc4c(cc32)CCO4)c2c(Br)cccc21. The summed E-state index contributed by atoms with van der Waals surface area (Å²) in [4.78, 5) is 15.2. The van der Waals surface area contributed by atoms with Gasteiger partial charge in [0, 0.05) is 28.1 Å². The van der Waals surface area contributed by atoms with Crippen molar-refractivity contribution in [1.29, 1.82) is 0 Å². The lowest BCUT2D eigenvalue weighted by Gasteiger charge is -2.23. The lowest BCUT2D eigenvalue weighted by atomic mass is 9.76. The predicted octanol–water partition coefficient (Wildman–Crippen LogP) is 3.48. The minimum atomic E-state index is -0.919. The number of fused-ring (bicyclic) bond motifs is 5. The smallest absolute Gasteiger partial charge is 0.246 e. The lowest BCUT2D eigenvalue weighted by molar-refractivity contribution is -0.122. The van der Waals surface area contributed by atoms with Crippen LogP contribution in [0.2, 0.25) is 0 Å². The molecule has 5 nitrogen and oxygen atoms in total. The molecule has 0 saturated heterocycles. The van der Waals surface area contributed by atoms with Gasteiger partial charge in [0.2, 0.25) is 5.91 Å². The van der Waals surface area contributed by atoms with E-state index in [4.69, 9.17) is 9.47 Å². The molecule has 0 aliphatic carbocycles. The van der Waals surface area contributed by atoms with E-state index in [1.165, 1.54) is 0 Å². The Labute approximate surface area is 159 Å². The van der Waals surface area contributed by atoms with Crippen molar-refractivity contribution < 1.29 is 19.4 Å². The summed E-state index contributed by atoms with van der Waals surface area (Å²) in [7, 11) is 0. The molecule has 1 amide bonds. The van der Waals surface area contributed by atoms with Crippen molar-refractivity contribution in [2.75, 3.05) is 24.7 Å². The van der Waals surface area contributed by atoms with Crippen molar-refractivity contribution in [2.45, 2.75) is 11.8 Å². The molecular formula is C20H16BrNO4. The highest BCUT2D eigenvalue weighted by molar-refractivity contribution is 9.10. The van der Waals surface area contributed by atoms with Gasteiger partial charge in [0.25, 0.3) is 0 Å². The zero-order valence-corrected chi connectivity index (χ0v) is 15.5. The Morgan fingerprint density at radius 1 is 1.31 bits per heavy atom. The monoisotopic (exact) mass is 413 g/mol. The second-order valence-corrected chi connectivity index (χ2v) is 7.69. The van der Waals surface area contributed by atoms with E-state index in [0.29, 0.717) is 12.4 Å². The molecule has 1 unspecified atom stereocenters. The summed E-state index contributed by atoms with van der Waals surface area (Å²) in [5, 5.41) is 9.73. The van der Waals surface area contributed by atoms with Gasteiger partial charge in [-0.2, -0.15) is 0 Å². The molecule has 0 radical (unpaired) electrons. The Balaban J connectivity index is 1.77. The highest BCUT2D eigenvalue weighted by Gasteiger charge is 2.58. The van der Waals surface area contributed by atoms with Crippen molar-refractivity contribution in [3.63, 3.8) is 0 Å². The van der Waals surface area contributed by atoms with Crippen molar-refractivity contribution in [3.05, 3.63) is 63.8 Å². The number of aliphatic hydroxyl groups excluding tert-OH is 1. The molecule has 0 bridgehead atoms. The standard InChI is InChI=1S/C20H16BrNO4/c1-11(23)9-22-15-4-2-3-14(21)18(15)20(19(22)24)10-26-17-8-16-12(5-6-25-16)7-13(17)20/h2-4,7-8,23H,1,5-6,9-10H2. The molecule has 5 rings (SSSR count). The first-order valence-electron chi connectivity index (χ1n) is 8.43. The van der Waals surface area contributed by atoms with Crippen LogP contribution in [0.4, 0.5) is 5.69 Å². The van der Waals surface area contributed by atoms with Crippen LogP contribution in [0.25, 0.3) is 0 Å². The molecule has 1 N–H and O–H groups in total. The van der Waals surface area contributed by atoms with Gasteiger partial charge >= 0.3 is 0 Å². The minimum Gasteiger partial charge on any atom is -0.511 e. The number of ether oxygens (including phenoxy) is 2. The fraction of sp³-hybridized carbons (Fsp3) is 0.250. The Morgan fingerprint density at radius 3 is 2.96 bits per heavy atom. The number of anilines is 1. The zero-order chi connectivity index (χ0) is 18.1. The van der Waals surface area contributed by atoms with E-state index in [1.807, 2.05) is 30.3 Å². The maximum Gasteiger partial charge on any atom is 0.246 e. The molecule has 0 saturated carbocycles. The van der Waals surface area contributed by atoms with Gasteiger partial charge in [-0.15, -0.1) is 0 Å². The number of hydrogen-bond donors (Lipinski definition) is 1. The molecule has 1 atom stereocenters. The third kappa shape index (κ3) is 1.88. The topological polar surface area (TPSA) is 59.0 Å². The maximum atomic E-state index is 13.6. The number of aliphatic hydroxyl groups is 1. The third-order valence-electron chi connectivity index (χ3n) is 5.36. The normalized spacial score (nSPS) is 22.0. The first-order chi connectivity index (χ1) is 12.5. The van der Waals surface area contributed by atoms with Gasteiger partial charge < -0.3 is 19.5 Å². The van der Waals surface area contributed by atoms with Crippen LogP contribution >= 0.6 is 15.9 Å². The van der Waals surface area contributed by atoms with Crippen molar-refractivity contribution in [1.82, 2.24) is 0 Å². The number of hydrogen-bond acceptors (Lipinski definition) is 4. The van der Waals surface area contributed by atoms with E-state index >= 15 is 0 Å². The van der Waals surface area contributed by atoms with E-state index in [-0.39, 0.29) is 24.8 Å². The average Bonchev–Trinajstić information content (AvgIpc) is 3.26. The highest BCUT2D eigenvalue weighted by Crippen LogP contribution is 2.55. The number of halogens is 1. The van der Waals surface area contributed by atoms with Gasteiger partial charge in [-0.25, -0.2) is 0 Å². The summed E-state index contributed by atoms with van der Waals surface area (Å²) in [5.41, 5.74) is 2.69. The molecular weight excluding hydrogens is 398 g/mol. The molecule has 0 aromatic heterocycles. The fourth-order valence-corrected chi connectivity index (χ4v) is 4.95. The van der Waals surface area contributed by atoms with Crippen LogP contribution in [0.5, 0.6) is 11.5 Å². The lowest BCUT2D eigenvalue weighted by Crippen LogP contribution is -2.43. The van der Waals surface area contributed by atoms with Crippen LogP contribution in [-0.4, -0.2) is 30.8 Å². The van der Waals surface area contributed by atoms with Crippen LogP contribution < -0.4 is 14.4 Å². The van der Waals surface area contributed by atoms with Crippen LogP contribution in [-0.2, 0) is 16.6 Å². The minimum absolute atomic E-state index is 0.0529. The molecule has 2 aromatic rings. The number of nitrogens with zero attached hydrogens (tertiary/aromatic N) is 1. The van der Waals surface area contributed by atoms with Gasteiger partial charge in [0.05, 0.1) is 18.8 Å². The van der Waals surface area contributed by atoms with Crippen LogP contribution in [0, 0.1) is 0 Å². The van der Waals surface area contributed by atoms with E-state index in [0.717, 1.165) is 39.0 Å². The second-order valence-electron chi connectivity index (χ2n) is 6.84. The molecule has 26 heavy (non-hydrogen) atoms. The Morgan fingerprint density at radius 2 is 2.15 bits per heavy atom. The molecule has 1 spiro atoms. The predicted molar refractivity (Wildman–Crippen MR) is 100 cm³/mol. The fourth-order valence-electron chi connectivity index (χ4n) is 4.25. The Bertz CT molecular complexity index is 986. The molecule has 2 aromatic carbocycles. The Hall–Kier alpha value is -2.47. The van der Waals surface area contributed by atoms with E-state index < -0.39 is 5.41 Å². The van der Waals surface area contributed by atoms with Gasteiger partial charge in [-0.3, -0.25) is 4.79 Å². The number of carbonyl (C=O) groups is 1. The first kappa shape index (κ1) is 15.8. The van der Waals surface area contributed by atoms with E-state index in [9.17, 15) is 9.90 Å². The highest BCUT2D eigenvalue weighted by atomic mass is 79.9. The first-order valence-corrected chi connectivity index (χ1v) is 9.22. The molecule has 6 heteroatoms. The summed E-state index contributed by atoms with van der Waals surface area (Å²) in [6, 6.07) is 9.65. The molecule has 3 aliphatic heterocycles. The van der Waals surface area contributed by atoms with Crippen LogP contribution in [0.3, 0.4) is 0 Å². The number of benzene rings is 2. The zero-order valence-electron chi connectivity index (χ0n) is 13.9. The van der Waals surface area contributed by atoms with Gasteiger partial charge in [-0.05, 0) is 23.8 Å². The summed E-state index contributed by atoms with van der Waals surface area (Å²) in [5.74, 6) is 1.36. The second kappa shape index (κ2) is 5.27. The summed E-state index contributed by atoms with van der Waals surface area (Å²) in [6.45, 7) is 4.50. The van der Waals surface area contributed by atoms with Gasteiger partial charge in [0.15, 0.2) is 0 Å². The average molecular weight is 414 g/mol. The molecule has 3 heterocycles. The number of amides is 1. The summed E-state index contributed by atoms with van der Waals surface area (Å²) in [6.07, 6.45) is 0.826.